The molecule has 0 spiro atoms. The maximum atomic E-state index is 13.8. The maximum Gasteiger partial charge on any atom is 0.227 e. The van der Waals surface area contributed by atoms with Gasteiger partial charge in [-0.15, -0.1) is 5.10 Å². The van der Waals surface area contributed by atoms with Crippen molar-refractivity contribution < 1.29 is 14.3 Å². The van der Waals surface area contributed by atoms with Crippen LogP contribution in [0, 0.1) is 12.3 Å². The average molecular weight is 694 g/mol. The number of carbonyl (C=O) groups excluding carboxylic acids is 1. The van der Waals surface area contributed by atoms with Crippen molar-refractivity contribution in [2.45, 2.75) is 64.1 Å². The van der Waals surface area contributed by atoms with E-state index in [0.717, 1.165) is 33.3 Å². The van der Waals surface area contributed by atoms with Gasteiger partial charge < -0.3 is 14.8 Å². The van der Waals surface area contributed by atoms with Crippen LogP contribution in [0.15, 0.2) is 81.6 Å². The number of Topliss-reactive ketones (excluding diaryl/α,β-unsaturated/α-hetero) is 1. The van der Waals surface area contributed by atoms with E-state index in [1.807, 2.05) is 48.0 Å². The summed E-state index contributed by atoms with van der Waals surface area (Å²) in [4.78, 5) is 18.6. The van der Waals surface area contributed by atoms with Crippen LogP contribution in [0.2, 0.25) is 5.02 Å². The van der Waals surface area contributed by atoms with E-state index in [1.165, 1.54) is 17.3 Å². The highest BCUT2D eigenvalue weighted by Crippen LogP contribution is 2.48. The van der Waals surface area contributed by atoms with Gasteiger partial charge in [0.2, 0.25) is 11.1 Å². The lowest BCUT2D eigenvalue weighted by Crippen LogP contribution is -2.36. The number of nitrogens with one attached hydrogen (secondary N) is 1. The number of hydrogen-bond acceptors (Lipinski definition) is 7. The Balaban J connectivity index is 1.38. The Labute approximate surface area is 275 Å². The number of carbonyl (C=O) groups is 1. The van der Waals surface area contributed by atoms with Gasteiger partial charge in [-0.2, -0.15) is 4.98 Å². The van der Waals surface area contributed by atoms with E-state index in [-0.39, 0.29) is 11.2 Å². The fraction of sp³-hybridized carbons (Fsp3) is 0.324. The molecule has 0 saturated heterocycles. The van der Waals surface area contributed by atoms with Gasteiger partial charge in [0.05, 0.1) is 11.1 Å². The van der Waals surface area contributed by atoms with Gasteiger partial charge in [-0.3, -0.25) is 4.79 Å². The molecular weight excluding hydrogens is 660 g/mol. The van der Waals surface area contributed by atoms with E-state index in [9.17, 15) is 4.79 Å². The number of aromatic nitrogens is 3. The molecule has 1 N–H and O–H groups in total. The quantitative estimate of drug-likeness (QED) is 0.175. The molecule has 0 radical (unpaired) electrons. The monoisotopic (exact) mass is 692 g/mol. The highest BCUT2D eigenvalue weighted by Gasteiger charge is 2.42. The van der Waals surface area contributed by atoms with Crippen molar-refractivity contribution in [1.29, 1.82) is 0 Å². The van der Waals surface area contributed by atoms with E-state index < -0.39 is 6.04 Å². The molecule has 228 valence electrons. The van der Waals surface area contributed by atoms with E-state index in [0.29, 0.717) is 58.6 Å². The molecule has 4 aromatic rings. The van der Waals surface area contributed by atoms with Crippen LogP contribution >= 0.6 is 39.3 Å². The van der Waals surface area contributed by atoms with Gasteiger partial charge in [0.15, 0.2) is 17.3 Å². The van der Waals surface area contributed by atoms with Crippen LogP contribution in [0.1, 0.15) is 61.9 Å². The lowest BCUT2D eigenvalue weighted by atomic mass is 9.73. The number of nitrogens with zero attached hydrogens (tertiary/aromatic N) is 3. The number of thioether (sulfide) groups is 1. The second-order valence-electron chi connectivity index (χ2n) is 11.9. The van der Waals surface area contributed by atoms with Gasteiger partial charge in [-0.25, -0.2) is 4.68 Å². The molecule has 0 fully saturated rings. The Bertz CT molecular complexity index is 1750. The number of halogens is 2. The van der Waals surface area contributed by atoms with Crippen molar-refractivity contribution >= 4 is 51.0 Å². The highest BCUT2D eigenvalue weighted by atomic mass is 79.9. The molecule has 44 heavy (non-hydrogen) atoms. The normalized spacial score (nSPS) is 17.1. The highest BCUT2D eigenvalue weighted by molar-refractivity contribution is 9.10. The second-order valence-corrected chi connectivity index (χ2v) is 14.1. The number of allylic oxidation sites excluding steroid dienone is 2. The molecule has 1 aromatic heterocycles. The van der Waals surface area contributed by atoms with Gasteiger partial charge in [0.25, 0.3) is 0 Å². The summed E-state index contributed by atoms with van der Waals surface area (Å²) < 4.78 is 15.0. The van der Waals surface area contributed by atoms with Crippen molar-refractivity contribution in [1.82, 2.24) is 14.8 Å². The first-order valence-electron chi connectivity index (χ1n) is 14.6. The standard InChI is InChI=1S/C34H34BrClN4O3S/c1-5-42-28-15-23(14-24(35)31(28)43-18-21-12-10-20(2)11-13-21)30-29-26(16-34(3,4)17-27(29)41)37-32-38-33(39-40(30)32)44-19-22-8-6-7-9-25(22)36/h6-15,30H,5,16-19H2,1-4H3,(H,37,38,39). The molecule has 3 aromatic carbocycles. The van der Waals surface area contributed by atoms with Crippen LogP contribution in [0.25, 0.3) is 0 Å². The largest absolute Gasteiger partial charge is 0.490 e. The minimum absolute atomic E-state index is 0.106. The van der Waals surface area contributed by atoms with Crippen LogP contribution in [0.3, 0.4) is 0 Å². The Morgan fingerprint density at radius 1 is 1.11 bits per heavy atom. The zero-order chi connectivity index (χ0) is 31.0. The number of benzene rings is 3. The third-order valence-electron chi connectivity index (χ3n) is 7.78. The van der Waals surface area contributed by atoms with Gasteiger partial charge in [0.1, 0.15) is 12.6 Å². The molecule has 6 rings (SSSR count). The van der Waals surface area contributed by atoms with Crippen molar-refractivity contribution in [3.63, 3.8) is 0 Å². The van der Waals surface area contributed by atoms with Gasteiger partial charge in [-0.1, -0.05) is 85.2 Å². The lowest BCUT2D eigenvalue weighted by Gasteiger charge is -2.38. The third kappa shape index (κ3) is 6.41. The Kier molecular flexibility index (Phi) is 8.81. The molecule has 2 heterocycles. The first-order chi connectivity index (χ1) is 21.1. The predicted octanol–water partition coefficient (Wildman–Crippen LogP) is 8.93. The SMILES string of the molecule is CCOc1cc(C2C3=C(CC(C)(C)CC3=O)Nc3nc(SCc4ccccc4Cl)nn32)cc(Br)c1OCc1ccc(C)cc1. The van der Waals surface area contributed by atoms with Crippen LogP contribution in [-0.4, -0.2) is 27.2 Å². The second kappa shape index (κ2) is 12.6. The Hall–Kier alpha value is -3.27. The fourth-order valence-corrected chi connectivity index (χ4v) is 7.39. The number of hydrogen-bond donors (Lipinski definition) is 1. The topological polar surface area (TPSA) is 78.3 Å². The summed E-state index contributed by atoms with van der Waals surface area (Å²) >= 11 is 11.7. The molecule has 1 unspecified atom stereocenters. The van der Waals surface area contributed by atoms with Crippen molar-refractivity contribution in [2.75, 3.05) is 11.9 Å². The van der Waals surface area contributed by atoms with Crippen LogP contribution in [0.5, 0.6) is 11.5 Å². The number of aryl methyl sites for hydroxylation is 1. The first kappa shape index (κ1) is 30.7. The molecule has 1 aliphatic carbocycles. The van der Waals surface area contributed by atoms with Crippen molar-refractivity contribution in [3.05, 3.63) is 104 Å². The van der Waals surface area contributed by atoms with Gasteiger partial charge in [-0.05, 0) is 76.5 Å². The van der Waals surface area contributed by atoms with Gasteiger partial charge in [0, 0.05) is 28.5 Å². The Morgan fingerprint density at radius 2 is 1.89 bits per heavy atom. The van der Waals surface area contributed by atoms with Crippen LogP contribution in [0.4, 0.5) is 5.95 Å². The molecule has 0 saturated carbocycles. The summed E-state index contributed by atoms with van der Waals surface area (Å²) in [7, 11) is 0. The molecule has 1 atom stereocenters. The minimum Gasteiger partial charge on any atom is -0.490 e. The molecule has 0 bridgehead atoms. The fourth-order valence-electron chi connectivity index (χ4n) is 5.71. The summed E-state index contributed by atoms with van der Waals surface area (Å²) in [5.41, 5.74) is 5.58. The molecule has 10 heteroatoms. The lowest BCUT2D eigenvalue weighted by molar-refractivity contribution is -0.118. The third-order valence-corrected chi connectivity index (χ3v) is 9.62. The summed E-state index contributed by atoms with van der Waals surface area (Å²) in [6, 6.07) is 19.5. The first-order valence-corrected chi connectivity index (χ1v) is 16.8. The van der Waals surface area contributed by atoms with Crippen molar-refractivity contribution in [3.8, 4) is 11.5 Å². The molecule has 7 nitrogen and oxygen atoms in total. The Morgan fingerprint density at radius 3 is 2.64 bits per heavy atom. The number of anilines is 1. The summed E-state index contributed by atoms with van der Waals surface area (Å²) in [5, 5.41) is 9.69. The smallest absolute Gasteiger partial charge is 0.227 e. The zero-order valence-electron chi connectivity index (χ0n) is 25.1. The molecule has 2 aliphatic rings. The average Bonchev–Trinajstić information content (AvgIpc) is 3.38. The van der Waals surface area contributed by atoms with Crippen LogP contribution < -0.4 is 14.8 Å². The number of rotatable bonds is 9. The molecule has 1 aliphatic heterocycles. The number of ether oxygens (including phenoxy) is 2. The number of fused-ring (bicyclic) bond motifs is 1. The maximum absolute atomic E-state index is 13.8. The summed E-state index contributed by atoms with van der Waals surface area (Å²) in [5.74, 6) is 2.55. The summed E-state index contributed by atoms with van der Waals surface area (Å²) in [6.07, 6.45) is 1.19. The minimum atomic E-state index is -0.478. The molecular formula is C34H34BrClN4O3S. The van der Waals surface area contributed by atoms with E-state index in [1.54, 1.807) is 0 Å². The van der Waals surface area contributed by atoms with E-state index >= 15 is 0 Å². The van der Waals surface area contributed by atoms with Crippen molar-refractivity contribution in [2.24, 2.45) is 5.41 Å². The predicted molar refractivity (Wildman–Crippen MR) is 179 cm³/mol. The van der Waals surface area contributed by atoms with Crippen LogP contribution in [-0.2, 0) is 17.2 Å². The number of ketones is 1. The zero-order valence-corrected chi connectivity index (χ0v) is 28.3. The van der Waals surface area contributed by atoms with Gasteiger partial charge >= 0.3 is 0 Å². The molecule has 0 amide bonds. The van der Waals surface area contributed by atoms with E-state index in [4.69, 9.17) is 31.2 Å². The summed E-state index contributed by atoms with van der Waals surface area (Å²) in [6.45, 7) is 9.11. The van der Waals surface area contributed by atoms with E-state index in [2.05, 4.69) is 66.3 Å².